The maximum atomic E-state index is 11.9. The van der Waals surface area contributed by atoms with E-state index in [-0.39, 0.29) is 30.1 Å². The lowest BCUT2D eigenvalue weighted by Gasteiger charge is -2.35. The Bertz CT molecular complexity index is 354. The van der Waals surface area contributed by atoms with Crippen LogP contribution in [0.1, 0.15) is 33.6 Å². The highest BCUT2D eigenvalue weighted by Gasteiger charge is 2.36. The molecule has 0 saturated carbocycles. The molecule has 0 aromatic rings. The zero-order valence-electron chi connectivity index (χ0n) is 11.6. The molecule has 2 aliphatic rings. The van der Waals surface area contributed by atoms with Crippen molar-refractivity contribution < 1.29 is 9.53 Å². The second-order valence-electron chi connectivity index (χ2n) is 5.43. The molecular weight excluding hydrogens is 230 g/mol. The lowest BCUT2D eigenvalue weighted by molar-refractivity contribution is -0.124. The zero-order chi connectivity index (χ0) is 13.3. The molecule has 3 unspecified atom stereocenters. The summed E-state index contributed by atoms with van der Waals surface area (Å²) in [5, 5.41) is 3.02. The van der Waals surface area contributed by atoms with Crippen molar-refractivity contribution in [3.63, 3.8) is 0 Å². The van der Waals surface area contributed by atoms with Gasteiger partial charge in [-0.3, -0.25) is 9.79 Å². The predicted octanol–water partition coefficient (Wildman–Crippen LogP) is 0.996. The number of carbonyl (C=O) groups is 1. The molecule has 0 radical (unpaired) electrons. The monoisotopic (exact) mass is 253 g/mol. The number of hydrogen-bond acceptors (Lipinski definition) is 4. The summed E-state index contributed by atoms with van der Waals surface area (Å²) in [6.07, 6.45) is 2.25. The first kappa shape index (κ1) is 13.3. The van der Waals surface area contributed by atoms with Crippen LogP contribution in [0.4, 0.5) is 0 Å². The predicted molar refractivity (Wildman–Crippen MR) is 70.4 cm³/mol. The van der Waals surface area contributed by atoms with Gasteiger partial charge in [-0.15, -0.1) is 0 Å². The Labute approximate surface area is 109 Å². The summed E-state index contributed by atoms with van der Waals surface area (Å²) in [7, 11) is 1.73. The summed E-state index contributed by atoms with van der Waals surface area (Å²) < 4.78 is 5.48. The maximum Gasteiger partial charge on any atom is 0.245 e. The average Bonchev–Trinajstić information content (AvgIpc) is 2.76. The Morgan fingerprint density at radius 2 is 2.22 bits per heavy atom. The molecule has 1 N–H and O–H groups in total. The van der Waals surface area contributed by atoms with Crippen molar-refractivity contribution in [2.45, 2.75) is 51.9 Å². The van der Waals surface area contributed by atoms with Gasteiger partial charge in [-0.2, -0.15) is 0 Å². The number of likely N-dealkylation sites (tertiary alicyclic amines) is 1. The van der Waals surface area contributed by atoms with Crippen LogP contribution in [0, 0.1) is 5.92 Å². The van der Waals surface area contributed by atoms with Crippen LogP contribution in [0.25, 0.3) is 0 Å². The molecule has 2 aliphatic heterocycles. The molecule has 2 rings (SSSR count). The smallest absolute Gasteiger partial charge is 0.245 e. The number of amides is 1. The minimum absolute atomic E-state index is 0.0248. The molecule has 5 heteroatoms. The van der Waals surface area contributed by atoms with E-state index in [0.717, 1.165) is 25.2 Å². The molecule has 0 aliphatic carbocycles. The lowest BCUT2D eigenvalue weighted by atomic mass is 10.0. The number of hydrogen-bond donors (Lipinski definition) is 1. The van der Waals surface area contributed by atoms with Crippen LogP contribution in [0.5, 0.6) is 0 Å². The molecular formula is C13H23N3O2. The van der Waals surface area contributed by atoms with Gasteiger partial charge >= 0.3 is 0 Å². The van der Waals surface area contributed by atoms with Crippen LogP contribution in [-0.2, 0) is 9.53 Å². The summed E-state index contributed by atoms with van der Waals surface area (Å²) in [4.78, 5) is 18.8. The molecule has 0 spiro atoms. The van der Waals surface area contributed by atoms with Crippen LogP contribution in [0.15, 0.2) is 4.99 Å². The van der Waals surface area contributed by atoms with Gasteiger partial charge in [0.1, 0.15) is 18.1 Å². The highest BCUT2D eigenvalue weighted by atomic mass is 16.5. The summed E-state index contributed by atoms with van der Waals surface area (Å²) >= 11 is 0. The van der Waals surface area contributed by atoms with Gasteiger partial charge in [0.15, 0.2) is 0 Å². The standard InChI is InChI=1S/C13H23N3O2/c1-8(2)11-13(17)14-9(3)12(15-11)16-7-5-6-10(16)18-4/h8-11H,5-7H2,1-4H3,(H,14,17). The number of aliphatic imine (C=N–C) groups is 1. The zero-order valence-corrected chi connectivity index (χ0v) is 11.6. The number of rotatable bonds is 2. The van der Waals surface area contributed by atoms with Gasteiger partial charge < -0.3 is 15.0 Å². The first-order valence-corrected chi connectivity index (χ1v) is 6.72. The highest BCUT2D eigenvalue weighted by Crippen LogP contribution is 2.22. The minimum atomic E-state index is -0.269. The first-order valence-electron chi connectivity index (χ1n) is 6.72. The van der Waals surface area contributed by atoms with Crippen molar-refractivity contribution in [2.24, 2.45) is 10.9 Å². The quantitative estimate of drug-likeness (QED) is 0.798. The van der Waals surface area contributed by atoms with E-state index in [1.165, 1.54) is 0 Å². The minimum Gasteiger partial charge on any atom is -0.362 e. The molecule has 0 aromatic heterocycles. The van der Waals surface area contributed by atoms with E-state index in [2.05, 4.69) is 15.2 Å². The fourth-order valence-electron chi connectivity index (χ4n) is 2.69. The highest BCUT2D eigenvalue weighted by molar-refractivity contribution is 5.98. The molecule has 2 heterocycles. The third-order valence-corrected chi connectivity index (χ3v) is 3.68. The van der Waals surface area contributed by atoms with Gasteiger partial charge in [0.2, 0.25) is 5.91 Å². The van der Waals surface area contributed by atoms with Crippen molar-refractivity contribution in [1.82, 2.24) is 10.2 Å². The van der Waals surface area contributed by atoms with Gasteiger partial charge in [0.05, 0.1) is 6.04 Å². The number of nitrogens with one attached hydrogen (secondary N) is 1. The fourth-order valence-corrected chi connectivity index (χ4v) is 2.69. The summed E-state index contributed by atoms with van der Waals surface area (Å²) in [6, 6.07) is -0.294. The molecule has 5 nitrogen and oxygen atoms in total. The van der Waals surface area contributed by atoms with E-state index in [0.29, 0.717) is 0 Å². The maximum absolute atomic E-state index is 11.9. The van der Waals surface area contributed by atoms with E-state index < -0.39 is 0 Å². The number of ether oxygens (including phenoxy) is 1. The van der Waals surface area contributed by atoms with Crippen molar-refractivity contribution in [1.29, 1.82) is 0 Å². The molecule has 1 saturated heterocycles. The van der Waals surface area contributed by atoms with E-state index >= 15 is 0 Å². The van der Waals surface area contributed by atoms with Gasteiger partial charge in [0.25, 0.3) is 0 Å². The van der Waals surface area contributed by atoms with E-state index in [1.54, 1.807) is 7.11 Å². The molecule has 102 valence electrons. The van der Waals surface area contributed by atoms with Crippen LogP contribution < -0.4 is 5.32 Å². The van der Waals surface area contributed by atoms with Crippen molar-refractivity contribution in [3.05, 3.63) is 0 Å². The normalized spacial score (nSPS) is 32.7. The van der Waals surface area contributed by atoms with E-state index in [1.807, 2.05) is 20.8 Å². The molecule has 0 aromatic carbocycles. The number of methoxy groups -OCH3 is 1. The summed E-state index contributed by atoms with van der Waals surface area (Å²) in [5.41, 5.74) is 0. The largest absolute Gasteiger partial charge is 0.362 e. The summed E-state index contributed by atoms with van der Waals surface area (Å²) in [5.74, 6) is 1.23. The van der Waals surface area contributed by atoms with Gasteiger partial charge in [-0.1, -0.05) is 13.8 Å². The Balaban J connectivity index is 2.24. The molecule has 0 bridgehead atoms. The lowest BCUT2D eigenvalue weighted by Crippen LogP contribution is -2.56. The van der Waals surface area contributed by atoms with Crippen LogP contribution in [-0.4, -0.2) is 48.6 Å². The topological polar surface area (TPSA) is 53.9 Å². The van der Waals surface area contributed by atoms with E-state index in [4.69, 9.17) is 4.74 Å². The van der Waals surface area contributed by atoms with E-state index in [9.17, 15) is 4.79 Å². The summed E-state index contributed by atoms with van der Waals surface area (Å²) in [6.45, 7) is 7.00. The van der Waals surface area contributed by atoms with Gasteiger partial charge in [-0.05, 0) is 25.7 Å². The molecule has 1 amide bonds. The third-order valence-electron chi connectivity index (χ3n) is 3.68. The molecule has 18 heavy (non-hydrogen) atoms. The SMILES string of the molecule is COC1CCCN1C1=NC(C(C)C)C(=O)NC1C. The number of nitrogens with zero attached hydrogens (tertiary/aromatic N) is 2. The first-order chi connectivity index (χ1) is 8.54. The third kappa shape index (κ3) is 2.36. The molecule has 1 fully saturated rings. The van der Waals surface area contributed by atoms with Crippen LogP contribution in [0.3, 0.4) is 0 Å². The Morgan fingerprint density at radius 3 is 2.83 bits per heavy atom. The number of amidine groups is 1. The van der Waals surface area contributed by atoms with Crippen molar-refractivity contribution in [3.8, 4) is 0 Å². The molecule has 3 atom stereocenters. The number of carbonyl (C=O) groups excluding carboxylic acids is 1. The van der Waals surface area contributed by atoms with Crippen LogP contribution >= 0.6 is 0 Å². The Hall–Kier alpha value is -1.10. The second-order valence-corrected chi connectivity index (χ2v) is 5.43. The van der Waals surface area contributed by atoms with Crippen molar-refractivity contribution in [2.75, 3.05) is 13.7 Å². The van der Waals surface area contributed by atoms with Crippen LogP contribution in [0.2, 0.25) is 0 Å². The average molecular weight is 253 g/mol. The Kier molecular flexibility index (Phi) is 3.90. The van der Waals surface area contributed by atoms with Gasteiger partial charge in [-0.25, -0.2) is 0 Å². The fraction of sp³-hybridized carbons (Fsp3) is 0.846. The Morgan fingerprint density at radius 1 is 1.50 bits per heavy atom. The second kappa shape index (κ2) is 5.26. The van der Waals surface area contributed by atoms with Crippen molar-refractivity contribution >= 4 is 11.7 Å². The van der Waals surface area contributed by atoms with Gasteiger partial charge in [0, 0.05) is 13.7 Å².